The van der Waals surface area contributed by atoms with E-state index in [0.717, 1.165) is 12.1 Å². The van der Waals surface area contributed by atoms with Crippen molar-refractivity contribution in [2.45, 2.75) is 25.1 Å². The molecule has 1 saturated heterocycles. The van der Waals surface area contributed by atoms with Gasteiger partial charge in [-0.3, -0.25) is 14.8 Å². The first-order chi connectivity index (χ1) is 13.4. The second-order valence-electron chi connectivity index (χ2n) is 6.34. The Morgan fingerprint density at radius 2 is 2.04 bits per heavy atom. The molecule has 0 aliphatic carbocycles. The third kappa shape index (κ3) is 4.57. The highest BCUT2D eigenvalue weighted by Crippen LogP contribution is 2.34. The average molecular weight is 390 g/mol. The number of piperidine rings is 1. The number of carbonyl (C=O) groups is 1. The van der Waals surface area contributed by atoms with Crippen molar-refractivity contribution >= 4 is 18.3 Å². The molecule has 6 nitrogen and oxygen atoms in total. The first-order valence-electron chi connectivity index (χ1n) is 8.67. The lowest BCUT2D eigenvalue weighted by molar-refractivity contribution is -0.138. The smallest absolute Gasteiger partial charge is 0.417 e. The number of halogens is 3. The predicted octanol–water partition coefficient (Wildman–Crippen LogP) is 2.99. The number of aliphatic imine (C=N–C) groups is 2. The number of hydrogen-bond donors (Lipinski definition) is 0. The summed E-state index contributed by atoms with van der Waals surface area (Å²) in [6.45, 7) is 1.26. The third-order valence-corrected chi connectivity index (χ3v) is 4.43. The standard InChI is InChI=1S/C19H17F3N4O2/c20-19(21,22)17-9-16(2-1-13(17)10-23)28-15-3-7-26(8-4-15)18(27)14-11-24-5-6-25-12-14/h1-2,5,9,11-12,15H,3-4,6-8H2. The summed E-state index contributed by atoms with van der Waals surface area (Å²) in [5.41, 5.74) is -1.06. The molecule has 1 amide bonds. The number of rotatable bonds is 3. The van der Waals surface area contributed by atoms with Crippen molar-refractivity contribution in [3.8, 4) is 11.8 Å². The molecular formula is C19H17F3N4O2. The number of hydrogen-bond acceptors (Lipinski definition) is 5. The summed E-state index contributed by atoms with van der Waals surface area (Å²) in [6.07, 6.45) is 0.597. The molecule has 0 aromatic heterocycles. The van der Waals surface area contributed by atoms with Gasteiger partial charge >= 0.3 is 6.18 Å². The van der Waals surface area contributed by atoms with Crippen LogP contribution in [0.2, 0.25) is 0 Å². The van der Waals surface area contributed by atoms with Gasteiger partial charge in [-0.05, 0) is 18.2 Å². The van der Waals surface area contributed by atoms with E-state index >= 15 is 0 Å². The molecule has 0 unspecified atom stereocenters. The molecule has 146 valence electrons. The Morgan fingerprint density at radius 1 is 1.29 bits per heavy atom. The van der Waals surface area contributed by atoms with E-state index in [9.17, 15) is 18.0 Å². The number of likely N-dealkylation sites (tertiary alicyclic amines) is 1. The van der Waals surface area contributed by atoms with Crippen LogP contribution in [0.4, 0.5) is 13.2 Å². The third-order valence-electron chi connectivity index (χ3n) is 4.43. The Hall–Kier alpha value is -3.15. The zero-order valence-corrected chi connectivity index (χ0v) is 14.8. The molecule has 0 spiro atoms. The zero-order chi connectivity index (χ0) is 20.1. The number of alkyl halides is 3. The molecular weight excluding hydrogens is 373 g/mol. The van der Waals surface area contributed by atoms with Crippen molar-refractivity contribution in [2.24, 2.45) is 9.98 Å². The molecule has 9 heteroatoms. The maximum atomic E-state index is 13.1. The van der Waals surface area contributed by atoms with Crippen LogP contribution in [0.3, 0.4) is 0 Å². The number of carbonyl (C=O) groups excluding carboxylic acids is 1. The minimum atomic E-state index is -4.63. The summed E-state index contributed by atoms with van der Waals surface area (Å²) in [5, 5.41) is 8.85. The maximum absolute atomic E-state index is 13.1. The molecule has 0 bridgehead atoms. The van der Waals surface area contributed by atoms with E-state index in [1.807, 2.05) is 0 Å². The van der Waals surface area contributed by atoms with Gasteiger partial charge in [0.25, 0.3) is 5.91 Å². The summed E-state index contributed by atoms with van der Waals surface area (Å²) in [7, 11) is 0. The highest BCUT2D eigenvalue weighted by atomic mass is 19.4. The van der Waals surface area contributed by atoms with Crippen LogP contribution in [0.1, 0.15) is 24.0 Å². The lowest BCUT2D eigenvalue weighted by atomic mass is 10.1. The molecule has 3 rings (SSSR count). The molecule has 1 aromatic carbocycles. The van der Waals surface area contributed by atoms with Crippen molar-refractivity contribution < 1.29 is 22.7 Å². The Kier molecular flexibility index (Phi) is 5.78. The first-order valence-corrected chi connectivity index (χ1v) is 8.67. The zero-order valence-electron chi connectivity index (χ0n) is 14.8. The van der Waals surface area contributed by atoms with Gasteiger partial charge in [0.1, 0.15) is 11.9 Å². The van der Waals surface area contributed by atoms with Gasteiger partial charge in [0.2, 0.25) is 0 Å². The normalized spacial score (nSPS) is 17.6. The van der Waals surface area contributed by atoms with Crippen LogP contribution in [-0.4, -0.2) is 49.0 Å². The van der Waals surface area contributed by atoms with Gasteiger partial charge in [-0.25, -0.2) is 0 Å². The SMILES string of the molecule is N#Cc1ccc(OC2CCN(C(=O)C3=CN=CCN=C3)CC2)cc1C(F)(F)F. The van der Waals surface area contributed by atoms with Gasteiger partial charge in [0.05, 0.1) is 29.3 Å². The highest BCUT2D eigenvalue weighted by molar-refractivity contribution is 6.12. The quantitative estimate of drug-likeness (QED) is 0.796. The molecule has 2 heterocycles. The highest BCUT2D eigenvalue weighted by Gasteiger charge is 2.34. The van der Waals surface area contributed by atoms with Crippen LogP contribution in [0.25, 0.3) is 0 Å². The predicted molar refractivity (Wildman–Crippen MR) is 96.3 cm³/mol. The van der Waals surface area contributed by atoms with Gasteiger partial charge < -0.3 is 9.64 Å². The number of benzene rings is 1. The minimum absolute atomic E-state index is 0.0593. The lowest BCUT2D eigenvalue weighted by Gasteiger charge is -2.32. The minimum Gasteiger partial charge on any atom is -0.490 e. The molecule has 0 saturated carbocycles. The van der Waals surface area contributed by atoms with Gasteiger partial charge in [-0.1, -0.05) is 0 Å². The van der Waals surface area contributed by atoms with Crippen molar-refractivity contribution in [3.05, 3.63) is 41.1 Å². The molecule has 0 radical (unpaired) electrons. The van der Waals surface area contributed by atoms with E-state index in [2.05, 4.69) is 9.98 Å². The Morgan fingerprint density at radius 3 is 2.71 bits per heavy atom. The fourth-order valence-corrected chi connectivity index (χ4v) is 3.00. The van der Waals surface area contributed by atoms with Crippen LogP contribution >= 0.6 is 0 Å². The molecule has 2 aliphatic rings. The van der Waals surface area contributed by atoms with Gasteiger partial charge in [-0.15, -0.1) is 0 Å². The van der Waals surface area contributed by atoms with E-state index in [-0.39, 0.29) is 17.8 Å². The Labute approximate surface area is 159 Å². The second kappa shape index (κ2) is 8.25. The molecule has 0 atom stereocenters. The Bertz CT molecular complexity index is 876. The van der Waals surface area contributed by atoms with Crippen molar-refractivity contribution in [2.75, 3.05) is 19.6 Å². The van der Waals surface area contributed by atoms with E-state index in [1.165, 1.54) is 18.5 Å². The molecule has 2 aliphatic heterocycles. The van der Waals surface area contributed by atoms with Crippen LogP contribution in [-0.2, 0) is 11.0 Å². The van der Waals surface area contributed by atoms with Crippen molar-refractivity contribution in [3.63, 3.8) is 0 Å². The lowest BCUT2D eigenvalue weighted by Crippen LogP contribution is -2.42. The van der Waals surface area contributed by atoms with Gasteiger partial charge in [-0.2, -0.15) is 18.4 Å². The molecule has 0 N–H and O–H groups in total. The van der Waals surface area contributed by atoms with Crippen LogP contribution in [0.5, 0.6) is 5.75 Å². The summed E-state index contributed by atoms with van der Waals surface area (Å²) in [5.74, 6) is -0.122. The number of nitriles is 1. The molecule has 28 heavy (non-hydrogen) atoms. The number of amides is 1. The summed E-state index contributed by atoms with van der Waals surface area (Å²) in [6, 6.07) is 4.85. The van der Waals surface area contributed by atoms with Crippen LogP contribution in [0.15, 0.2) is 40.0 Å². The monoisotopic (exact) mass is 390 g/mol. The van der Waals surface area contributed by atoms with Gasteiger partial charge in [0, 0.05) is 44.6 Å². The number of ether oxygens (including phenoxy) is 1. The van der Waals surface area contributed by atoms with E-state index < -0.39 is 17.3 Å². The summed E-state index contributed by atoms with van der Waals surface area (Å²) >= 11 is 0. The molecule has 1 aromatic rings. The maximum Gasteiger partial charge on any atom is 0.417 e. The summed E-state index contributed by atoms with van der Waals surface area (Å²) < 4.78 is 44.9. The van der Waals surface area contributed by atoms with Gasteiger partial charge in [0.15, 0.2) is 0 Å². The van der Waals surface area contributed by atoms with Crippen molar-refractivity contribution in [1.82, 2.24) is 4.90 Å². The first kappa shape index (κ1) is 19.6. The van der Waals surface area contributed by atoms with Crippen LogP contribution in [0, 0.1) is 11.3 Å². The number of nitrogens with zero attached hydrogens (tertiary/aromatic N) is 4. The second-order valence-corrected chi connectivity index (χ2v) is 6.34. The fourth-order valence-electron chi connectivity index (χ4n) is 3.00. The van der Waals surface area contributed by atoms with Crippen LogP contribution < -0.4 is 4.74 Å². The van der Waals surface area contributed by atoms with E-state index in [4.69, 9.17) is 10.00 Å². The molecule has 1 fully saturated rings. The topological polar surface area (TPSA) is 78.0 Å². The largest absolute Gasteiger partial charge is 0.490 e. The fraction of sp³-hybridized carbons (Fsp3) is 0.368. The van der Waals surface area contributed by atoms with E-state index in [0.29, 0.717) is 38.0 Å². The Balaban J connectivity index is 1.62. The average Bonchev–Trinajstić information content (AvgIpc) is 2.97. The summed E-state index contributed by atoms with van der Waals surface area (Å²) in [4.78, 5) is 22.2. The van der Waals surface area contributed by atoms with Crippen molar-refractivity contribution in [1.29, 1.82) is 5.26 Å². The van der Waals surface area contributed by atoms with E-state index in [1.54, 1.807) is 17.2 Å².